The Kier molecular flexibility index (Phi) is 4.50. The largest absolute Gasteiger partial charge is 0.464 e. The first-order valence-electron chi connectivity index (χ1n) is 4.69. The highest BCUT2D eigenvalue weighted by molar-refractivity contribution is 5.91. The first kappa shape index (κ1) is 11.4. The molecule has 0 amide bonds. The zero-order valence-electron chi connectivity index (χ0n) is 8.64. The predicted octanol–water partition coefficient (Wildman–Crippen LogP) is 1.23. The Morgan fingerprint density at radius 2 is 2.47 bits per heavy atom. The van der Waals surface area contributed by atoms with Gasteiger partial charge in [-0.25, -0.2) is 9.78 Å². The van der Waals surface area contributed by atoms with Crippen molar-refractivity contribution < 1.29 is 9.53 Å². The number of hydrogen-bond donors (Lipinski definition) is 1. The second kappa shape index (κ2) is 5.93. The second-order valence-corrected chi connectivity index (χ2v) is 2.91. The van der Waals surface area contributed by atoms with Gasteiger partial charge in [0.2, 0.25) is 0 Å². The van der Waals surface area contributed by atoms with Crippen LogP contribution in [0.4, 0.5) is 0 Å². The maximum atomic E-state index is 11.3. The van der Waals surface area contributed by atoms with Crippen molar-refractivity contribution in [3.63, 3.8) is 0 Å². The summed E-state index contributed by atoms with van der Waals surface area (Å²) in [5.74, 6) is -0.428. The summed E-state index contributed by atoms with van der Waals surface area (Å²) in [6.07, 6.45) is 6.07. The topological polar surface area (TPSA) is 65.2 Å². The van der Waals surface area contributed by atoms with Crippen molar-refractivity contribution in [3.8, 4) is 0 Å². The third-order valence-electron chi connectivity index (χ3n) is 1.85. The Morgan fingerprint density at radius 3 is 3.13 bits per heavy atom. The van der Waals surface area contributed by atoms with Crippen molar-refractivity contribution >= 4 is 12.0 Å². The van der Waals surface area contributed by atoms with Gasteiger partial charge in [-0.2, -0.15) is 0 Å². The molecule has 0 bridgehead atoms. The van der Waals surface area contributed by atoms with E-state index >= 15 is 0 Å². The molecule has 0 saturated heterocycles. The van der Waals surface area contributed by atoms with Crippen molar-refractivity contribution in [2.75, 3.05) is 13.7 Å². The van der Waals surface area contributed by atoms with Gasteiger partial charge in [0.15, 0.2) is 5.69 Å². The summed E-state index contributed by atoms with van der Waals surface area (Å²) in [6, 6.07) is 3.58. The molecule has 1 aromatic rings. The van der Waals surface area contributed by atoms with Gasteiger partial charge < -0.3 is 10.5 Å². The molecular formula is C11H14N2O2. The zero-order valence-corrected chi connectivity index (χ0v) is 8.64. The molecule has 1 aromatic heterocycles. The van der Waals surface area contributed by atoms with Gasteiger partial charge >= 0.3 is 5.97 Å². The van der Waals surface area contributed by atoms with Gasteiger partial charge in [0.05, 0.1) is 7.11 Å². The summed E-state index contributed by atoms with van der Waals surface area (Å²) in [6.45, 7) is 0.588. The quantitative estimate of drug-likeness (QED) is 0.752. The molecule has 80 valence electrons. The average Bonchev–Trinajstić information content (AvgIpc) is 2.29. The monoisotopic (exact) mass is 206 g/mol. The fourth-order valence-electron chi connectivity index (χ4n) is 1.13. The van der Waals surface area contributed by atoms with Crippen molar-refractivity contribution in [1.29, 1.82) is 0 Å². The highest BCUT2D eigenvalue weighted by Crippen LogP contribution is 2.09. The number of rotatable bonds is 4. The van der Waals surface area contributed by atoms with E-state index in [1.165, 1.54) is 7.11 Å². The lowest BCUT2D eigenvalue weighted by atomic mass is 10.1. The summed E-state index contributed by atoms with van der Waals surface area (Å²) in [5, 5.41) is 0. The molecule has 1 heterocycles. The Labute approximate surface area is 88.8 Å². The number of aromatic nitrogens is 1. The summed E-state index contributed by atoms with van der Waals surface area (Å²) < 4.78 is 4.62. The Morgan fingerprint density at radius 1 is 1.67 bits per heavy atom. The predicted molar refractivity (Wildman–Crippen MR) is 58.3 cm³/mol. The smallest absolute Gasteiger partial charge is 0.357 e. The lowest BCUT2D eigenvalue weighted by Gasteiger charge is -2.01. The molecule has 1 rings (SSSR count). The van der Waals surface area contributed by atoms with Gasteiger partial charge in [-0.3, -0.25) is 0 Å². The van der Waals surface area contributed by atoms with Crippen LogP contribution in [0.15, 0.2) is 24.4 Å². The van der Waals surface area contributed by atoms with Crippen LogP contribution in [0.5, 0.6) is 0 Å². The van der Waals surface area contributed by atoms with Crippen LogP contribution in [0.1, 0.15) is 22.5 Å². The van der Waals surface area contributed by atoms with E-state index in [1.807, 2.05) is 18.2 Å². The first-order valence-corrected chi connectivity index (χ1v) is 4.69. The standard InChI is InChI=1S/C11H14N2O2/c1-15-11(14)10-9(5-2-3-7-12)6-4-8-13-10/h2,4-6,8H,3,7,12H2,1H3. The summed E-state index contributed by atoms with van der Waals surface area (Å²) >= 11 is 0. The second-order valence-electron chi connectivity index (χ2n) is 2.91. The number of nitrogens with zero attached hydrogens (tertiary/aromatic N) is 1. The van der Waals surface area contributed by atoms with Crippen LogP contribution in [0, 0.1) is 0 Å². The van der Waals surface area contributed by atoms with E-state index in [1.54, 1.807) is 12.3 Å². The molecular weight excluding hydrogens is 192 g/mol. The van der Waals surface area contributed by atoms with Crippen molar-refractivity contribution in [1.82, 2.24) is 4.98 Å². The van der Waals surface area contributed by atoms with Crippen LogP contribution < -0.4 is 5.73 Å². The minimum Gasteiger partial charge on any atom is -0.464 e. The average molecular weight is 206 g/mol. The molecule has 4 heteroatoms. The highest BCUT2D eigenvalue weighted by Gasteiger charge is 2.09. The molecule has 0 atom stereocenters. The van der Waals surface area contributed by atoms with Crippen LogP contribution in [0.3, 0.4) is 0 Å². The van der Waals surface area contributed by atoms with Crippen LogP contribution in [0.2, 0.25) is 0 Å². The SMILES string of the molecule is COC(=O)c1ncccc1C=CCCN. The van der Waals surface area contributed by atoms with E-state index in [0.29, 0.717) is 12.2 Å². The molecule has 0 fully saturated rings. The molecule has 2 N–H and O–H groups in total. The first-order chi connectivity index (χ1) is 7.29. The molecule has 0 spiro atoms. The summed E-state index contributed by atoms with van der Waals surface area (Å²) in [7, 11) is 1.34. The minimum atomic E-state index is -0.428. The van der Waals surface area contributed by atoms with Gasteiger partial charge in [-0.05, 0) is 19.0 Å². The van der Waals surface area contributed by atoms with E-state index in [2.05, 4.69) is 9.72 Å². The normalized spacial score (nSPS) is 10.5. The van der Waals surface area contributed by atoms with E-state index < -0.39 is 5.97 Å². The summed E-state index contributed by atoms with van der Waals surface area (Å²) in [4.78, 5) is 15.3. The summed E-state index contributed by atoms with van der Waals surface area (Å²) in [5.41, 5.74) is 6.43. The minimum absolute atomic E-state index is 0.327. The molecule has 0 radical (unpaired) electrons. The number of carbonyl (C=O) groups is 1. The Balaban J connectivity index is 2.91. The molecule has 0 saturated carbocycles. The molecule has 15 heavy (non-hydrogen) atoms. The van der Waals surface area contributed by atoms with E-state index in [4.69, 9.17) is 5.73 Å². The fraction of sp³-hybridized carbons (Fsp3) is 0.273. The van der Waals surface area contributed by atoms with Gasteiger partial charge in [-0.1, -0.05) is 18.2 Å². The van der Waals surface area contributed by atoms with Crippen LogP contribution in [-0.2, 0) is 4.74 Å². The number of nitrogens with two attached hydrogens (primary N) is 1. The van der Waals surface area contributed by atoms with Crippen molar-refractivity contribution in [3.05, 3.63) is 35.7 Å². The molecule has 0 aliphatic heterocycles. The fourth-order valence-corrected chi connectivity index (χ4v) is 1.13. The van der Waals surface area contributed by atoms with Gasteiger partial charge in [0, 0.05) is 11.8 Å². The number of carbonyl (C=O) groups excluding carboxylic acids is 1. The number of ether oxygens (including phenoxy) is 1. The lowest BCUT2D eigenvalue weighted by molar-refractivity contribution is 0.0594. The molecule has 0 aliphatic carbocycles. The van der Waals surface area contributed by atoms with Gasteiger partial charge in [0.1, 0.15) is 0 Å². The third kappa shape index (κ3) is 3.18. The third-order valence-corrected chi connectivity index (χ3v) is 1.85. The molecule has 0 aromatic carbocycles. The van der Waals surface area contributed by atoms with Gasteiger partial charge in [-0.15, -0.1) is 0 Å². The van der Waals surface area contributed by atoms with Crippen molar-refractivity contribution in [2.45, 2.75) is 6.42 Å². The van der Waals surface area contributed by atoms with Crippen LogP contribution in [-0.4, -0.2) is 24.6 Å². The van der Waals surface area contributed by atoms with E-state index in [0.717, 1.165) is 12.0 Å². The molecule has 0 aliphatic rings. The zero-order chi connectivity index (χ0) is 11.1. The number of methoxy groups -OCH3 is 1. The molecule has 4 nitrogen and oxygen atoms in total. The Hall–Kier alpha value is -1.68. The number of pyridine rings is 1. The van der Waals surface area contributed by atoms with Gasteiger partial charge in [0.25, 0.3) is 0 Å². The number of esters is 1. The lowest BCUT2D eigenvalue weighted by Crippen LogP contribution is -2.06. The highest BCUT2D eigenvalue weighted by atomic mass is 16.5. The van der Waals surface area contributed by atoms with Crippen LogP contribution >= 0.6 is 0 Å². The molecule has 0 unspecified atom stereocenters. The van der Waals surface area contributed by atoms with E-state index in [-0.39, 0.29) is 0 Å². The maximum absolute atomic E-state index is 11.3. The Bertz CT molecular complexity index is 361. The maximum Gasteiger partial charge on any atom is 0.357 e. The van der Waals surface area contributed by atoms with Crippen LogP contribution in [0.25, 0.3) is 6.08 Å². The van der Waals surface area contributed by atoms with E-state index in [9.17, 15) is 4.79 Å². The van der Waals surface area contributed by atoms with Crippen molar-refractivity contribution in [2.24, 2.45) is 5.73 Å². The number of hydrogen-bond acceptors (Lipinski definition) is 4.